The maximum Gasteiger partial charge on any atom is 0.408 e. The SMILES string of the molecule is CC(C)(C)OC(=O)N[C@H]1CN(C2CC2)CCC/C=C\C2C[C@@]2(C(=O)O)NC(=O)[C@@H]2C[C@@H](O[Si](C)(C)C(C)(C)C)CN2C1=O. The van der Waals surface area contributed by atoms with Gasteiger partial charge in [0.1, 0.15) is 23.2 Å². The molecular formula is C31H52N4O7Si. The number of alkyl carbamates (subject to hydrolysis) is 1. The monoisotopic (exact) mass is 620 g/mol. The van der Waals surface area contributed by atoms with Crippen molar-refractivity contribution in [3.8, 4) is 0 Å². The van der Waals surface area contributed by atoms with Crippen LogP contribution in [0.5, 0.6) is 0 Å². The van der Waals surface area contributed by atoms with Crippen LogP contribution >= 0.6 is 0 Å². The summed E-state index contributed by atoms with van der Waals surface area (Å²) >= 11 is 0. The highest BCUT2D eigenvalue weighted by atomic mass is 28.4. The summed E-state index contributed by atoms with van der Waals surface area (Å²) < 4.78 is 12.2. The van der Waals surface area contributed by atoms with E-state index in [0.717, 1.165) is 32.2 Å². The fourth-order valence-corrected chi connectivity index (χ4v) is 7.20. The van der Waals surface area contributed by atoms with Crippen molar-refractivity contribution in [3.63, 3.8) is 0 Å². The van der Waals surface area contributed by atoms with Crippen molar-refractivity contribution in [1.82, 2.24) is 20.4 Å². The number of carboxylic acid groups (broad SMARTS) is 1. The van der Waals surface area contributed by atoms with Gasteiger partial charge in [-0.2, -0.15) is 0 Å². The van der Waals surface area contributed by atoms with Gasteiger partial charge in [0.15, 0.2) is 8.32 Å². The number of amides is 3. The number of hydrogen-bond donors (Lipinski definition) is 3. The van der Waals surface area contributed by atoms with Gasteiger partial charge in [-0.05, 0) is 77.6 Å². The predicted octanol–water partition coefficient (Wildman–Crippen LogP) is 3.64. The molecule has 3 fully saturated rings. The average molecular weight is 621 g/mol. The van der Waals surface area contributed by atoms with Crippen LogP contribution in [0.2, 0.25) is 18.1 Å². The second-order valence-corrected chi connectivity index (χ2v) is 20.1. The van der Waals surface area contributed by atoms with E-state index in [1.165, 1.54) is 4.90 Å². The zero-order valence-electron chi connectivity index (χ0n) is 27.2. The summed E-state index contributed by atoms with van der Waals surface area (Å²) in [6.07, 6.45) is 7.03. The minimum absolute atomic E-state index is 0.0809. The first-order chi connectivity index (χ1) is 19.8. The molecule has 11 nitrogen and oxygen atoms in total. The second kappa shape index (κ2) is 12.2. The van der Waals surface area contributed by atoms with Gasteiger partial charge in [-0.15, -0.1) is 0 Å². The molecule has 2 aliphatic carbocycles. The van der Waals surface area contributed by atoms with Crippen molar-refractivity contribution in [2.45, 2.75) is 134 Å². The summed E-state index contributed by atoms with van der Waals surface area (Å²) in [5.41, 5.74) is -2.13. The summed E-state index contributed by atoms with van der Waals surface area (Å²) in [4.78, 5) is 57.4. The largest absolute Gasteiger partial charge is 0.479 e. The minimum Gasteiger partial charge on any atom is -0.479 e. The topological polar surface area (TPSA) is 138 Å². The van der Waals surface area contributed by atoms with E-state index in [9.17, 15) is 24.3 Å². The molecule has 43 heavy (non-hydrogen) atoms. The van der Waals surface area contributed by atoms with Crippen molar-refractivity contribution >= 4 is 32.2 Å². The third-order valence-electron chi connectivity index (χ3n) is 9.51. The Bertz CT molecular complexity index is 1130. The number of carboxylic acids is 1. The number of rotatable bonds is 5. The van der Waals surface area contributed by atoms with Crippen LogP contribution in [0.4, 0.5) is 4.79 Å². The summed E-state index contributed by atoms with van der Waals surface area (Å²) in [6, 6.07) is -1.53. The number of nitrogens with zero attached hydrogens (tertiary/aromatic N) is 2. The predicted molar refractivity (Wildman–Crippen MR) is 165 cm³/mol. The van der Waals surface area contributed by atoms with Crippen LogP contribution in [0.1, 0.15) is 80.1 Å². The van der Waals surface area contributed by atoms with Crippen LogP contribution in [0, 0.1) is 5.92 Å². The Morgan fingerprint density at radius 2 is 1.79 bits per heavy atom. The molecule has 2 saturated carbocycles. The molecule has 12 heteroatoms. The molecule has 0 aromatic heterocycles. The highest BCUT2D eigenvalue weighted by Gasteiger charge is 2.61. The number of carbonyl (C=O) groups excluding carboxylic acids is 3. The molecule has 4 rings (SSSR count). The van der Waals surface area contributed by atoms with Gasteiger partial charge in [0.2, 0.25) is 11.8 Å². The molecule has 2 heterocycles. The van der Waals surface area contributed by atoms with Gasteiger partial charge >= 0.3 is 12.1 Å². The summed E-state index contributed by atoms with van der Waals surface area (Å²) in [5.74, 6) is -2.26. The van der Waals surface area contributed by atoms with Gasteiger partial charge in [0.25, 0.3) is 0 Å². The fraction of sp³-hybridized carbons (Fsp3) is 0.806. The van der Waals surface area contributed by atoms with Crippen molar-refractivity contribution in [3.05, 3.63) is 12.2 Å². The van der Waals surface area contributed by atoms with Crippen molar-refractivity contribution < 1.29 is 33.4 Å². The Hall–Kier alpha value is -2.44. The van der Waals surface area contributed by atoms with Gasteiger partial charge in [-0.25, -0.2) is 9.59 Å². The molecule has 0 aromatic carbocycles. The lowest BCUT2D eigenvalue weighted by Crippen LogP contribution is -2.59. The lowest BCUT2D eigenvalue weighted by atomic mass is 10.1. The van der Waals surface area contributed by atoms with Gasteiger partial charge in [0.05, 0.1) is 6.10 Å². The minimum atomic E-state index is -2.25. The van der Waals surface area contributed by atoms with Gasteiger partial charge < -0.3 is 29.8 Å². The maximum atomic E-state index is 14.4. The number of nitrogens with one attached hydrogen (secondary N) is 2. The third-order valence-corrected chi connectivity index (χ3v) is 14.0. The normalized spacial score (nSPS) is 32.0. The van der Waals surface area contributed by atoms with Gasteiger partial charge in [-0.1, -0.05) is 32.9 Å². The molecule has 242 valence electrons. The number of allylic oxidation sites excluding steroid dienone is 1. The average Bonchev–Trinajstić information content (AvgIpc) is 3.77. The Morgan fingerprint density at radius 3 is 2.37 bits per heavy atom. The first kappa shape index (κ1) is 33.4. The molecule has 0 spiro atoms. The third kappa shape index (κ3) is 7.99. The van der Waals surface area contributed by atoms with E-state index in [4.69, 9.17) is 9.16 Å². The highest BCUT2D eigenvalue weighted by Crippen LogP contribution is 2.46. The molecule has 1 saturated heterocycles. The molecule has 1 unspecified atom stereocenters. The van der Waals surface area contributed by atoms with Crippen LogP contribution in [-0.4, -0.2) is 102 Å². The maximum absolute atomic E-state index is 14.4. The number of hydrogen-bond acceptors (Lipinski definition) is 7. The van der Waals surface area contributed by atoms with E-state index >= 15 is 0 Å². The Morgan fingerprint density at radius 1 is 1.12 bits per heavy atom. The van der Waals surface area contributed by atoms with E-state index < -0.39 is 55.6 Å². The fourth-order valence-electron chi connectivity index (χ4n) is 5.84. The van der Waals surface area contributed by atoms with E-state index in [1.54, 1.807) is 20.8 Å². The Kier molecular flexibility index (Phi) is 9.46. The van der Waals surface area contributed by atoms with Crippen molar-refractivity contribution in [1.29, 1.82) is 0 Å². The number of aliphatic carboxylic acids is 1. The summed E-state index contributed by atoms with van der Waals surface area (Å²) in [7, 11) is -2.25. The zero-order valence-corrected chi connectivity index (χ0v) is 28.2. The molecule has 0 aromatic rings. The first-order valence-corrected chi connectivity index (χ1v) is 18.7. The molecule has 3 N–H and O–H groups in total. The Balaban J connectivity index is 1.68. The molecule has 3 amide bonds. The van der Waals surface area contributed by atoms with Crippen LogP contribution in [0.25, 0.3) is 0 Å². The molecule has 0 bridgehead atoms. The van der Waals surface area contributed by atoms with E-state index in [0.29, 0.717) is 19.0 Å². The number of fused-ring (bicyclic) bond motifs is 2. The molecular weight excluding hydrogens is 568 g/mol. The number of ether oxygens (including phenoxy) is 1. The molecule has 5 atom stereocenters. The van der Waals surface area contributed by atoms with Crippen LogP contribution in [-0.2, 0) is 23.5 Å². The second-order valence-electron chi connectivity index (χ2n) is 15.3. The molecule has 0 radical (unpaired) electrons. The Labute approximate surface area is 257 Å². The van der Waals surface area contributed by atoms with Crippen LogP contribution in [0.15, 0.2) is 12.2 Å². The smallest absolute Gasteiger partial charge is 0.408 e. The molecule has 4 aliphatic rings. The van der Waals surface area contributed by atoms with E-state index in [2.05, 4.69) is 49.4 Å². The summed E-state index contributed by atoms with van der Waals surface area (Å²) in [6.45, 7) is 17.2. The van der Waals surface area contributed by atoms with E-state index in [1.807, 2.05) is 12.2 Å². The van der Waals surface area contributed by atoms with Gasteiger partial charge in [-0.3, -0.25) is 14.5 Å². The summed E-state index contributed by atoms with van der Waals surface area (Å²) in [5, 5.41) is 15.7. The molecule has 2 aliphatic heterocycles. The van der Waals surface area contributed by atoms with Crippen LogP contribution in [0.3, 0.4) is 0 Å². The number of carbonyl (C=O) groups is 4. The van der Waals surface area contributed by atoms with Crippen LogP contribution < -0.4 is 10.6 Å². The quantitative estimate of drug-likeness (QED) is 0.313. The van der Waals surface area contributed by atoms with Crippen molar-refractivity contribution in [2.75, 3.05) is 19.6 Å². The van der Waals surface area contributed by atoms with E-state index in [-0.39, 0.29) is 29.8 Å². The van der Waals surface area contributed by atoms with Crippen molar-refractivity contribution in [2.24, 2.45) is 5.92 Å². The van der Waals surface area contributed by atoms with Gasteiger partial charge in [0, 0.05) is 31.5 Å². The zero-order chi connectivity index (χ0) is 32.0. The first-order valence-electron chi connectivity index (χ1n) is 15.8. The highest BCUT2D eigenvalue weighted by molar-refractivity contribution is 6.74. The lowest BCUT2D eigenvalue weighted by Gasteiger charge is -2.38. The lowest BCUT2D eigenvalue weighted by molar-refractivity contribution is -0.145. The standard InChI is InChI=1S/C31H52N4O7Si/c1-29(2,3)41-28(40)32-23-19-34(21-13-14-21)15-11-9-10-12-20-17-31(20,27(38)39)33-25(36)24-16-22(18-35(24)26(23)37)42-43(7,8)30(4,5)6/h10,12,20-24H,9,11,13-19H2,1-8H3,(H,32,40)(H,33,36)(H,38,39)/b12-10-/t20?,22-,23+,24+,31-/m1/s1.